The number of fused-ring (bicyclic) bond motifs is 1. The van der Waals surface area contributed by atoms with Gasteiger partial charge in [0.2, 0.25) is 17.7 Å². The van der Waals surface area contributed by atoms with E-state index in [4.69, 9.17) is 10.8 Å². The maximum absolute atomic E-state index is 12.8. The zero-order valence-electron chi connectivity index (χ0n) is 19.4. The maximum Gasteiger partial charge on any atom is 0.326 e. The Labute approximate surface area is 207 Å². The van der Waals surface area contributed by atoms with Crippen molar-refractivity contribution in [3.8, 4) is 0 Å². The highest BCUT2D eigenvalue weighted by Crippen LogP contribution is 2.19. The number of aromatic nitrogens is 1. The molecule has 3 aromatic rings. The standard InChI is InChI=1S/C25H29N5O6/c26-18(14-31)23(33)30-20(10-15-6-2-1-3-7-15)24(34)28-13-22(32)29-21(25(35)36)11-16-12-27-19-9-5-4-8-17(16)19/h1-9,12,18,20-21,27,31H,10-11,13-14,26H2,(H,28,34)(H,29,32)(H,30,33)(H,35,36). The minimum atomic E-state index is -1.22. The molecule has 11 nitrogen and oxygen atoms in total. The highest BCUT2D eigenvalue weighted by atomic mass is 16.4. The number of para-hydroxylation sites is 1. The Balaban J connectivity index is 1.61. The molecule has 0 aliphatic heterocycles. The van der Waals surface area contributed by atoms with Gasteiger partial charge in [0.1, 0.15) is 18.1 Å². The number of nitrogens with two attached hydrogens (primary N) is 1. The van der Waals surface area contributed by atoms with Gasteiger partial charge in [0.05, 0.1) is 13.2 Å². The molecule has 3 atom stereocenters. The lowest BCUT2D eigenvalue weighted by molar-refractivity contribution is -0.141. The van der Waals surface area contributed by atoms with Crippen LogP contribution >= 0.6 is 0 Å². The summed E-state index contributed by atoms with van der Waals surface area (Å²) in [6.45, 7) is -1.09. The maximum atomic E-state index is 12.8. The number of aliphatic hydroxyl groups is 1. The Bertz CT molecular complexity index is 1210. The molecular formula is C25H29N5O6. The molecular weight excluding hydrogens is 466 g/mol. The third-order valence-corrected chi connectivity index (χ3v) is 5.60. The first kappa shape index (κ1) is 26.4. The zero-order chi connectivity index (χ0) is 26.1. The van der Waals surface area contributed by atoms with Gasteiger partial charge >= 0.3 is 5.97 Å². The minimum absolute atomic E-state index is 0.0464. The number of aliphatic hydroxyl groups excluding tert-OH is 1. The third-order valence-electron chi connectivity index (χ3n) is 5.60. The van der Waals surface area contributed by atoms with Crippen molar-refractivity contribution < 1.29 is 29.4 Å². The molecule has 3 rings (SSSR count). The summed E-state index contributed by atoms with van der Waals surface area (Å²) in [6, 6.07) is 12.8. The van der Waals surface area contributed by atoms with E-state index in [-0.39, 0.29) is 12.8 Å². The summed E-state index contributed by atoms with van der Waals surface area (Å²) in [4.78, 5) is 52.3. The van der Waals surface area contributed by atoms with Crippen LogP contribution in [-0.4, -0.2) is 70.2 Å². The van der Waals surface area contributed by atoms with Gasteiger partial charge in [-0.05, 0) is 17.2 Å². The summed E-state index contributed by atoms with van der Waals surface area (Å²) in [6.07, 6.45) is 1.86. The van der Waals surface area contributed by atoms with E-state index < -0.39 is 55.0 Å². The number of carbonyl (C=O) groups excluding carboxylic acids is 3. The molecule has 0 bridgehead atoms. The van der Waals surface area contributed by atoms with Crippen LogP contribution in [0.2, 0.25) is 0 Å². The van der Waals surface area contributed by atoms with Crippen molar-refractivity contribution in [1.82, 2.24) is 20.9 Å². The highest BCUT2D eigenvalue weighted by molar-refractivity contribution is 5.93. The number of H-pyrrole nitrogens is 1. The van der Waals surface area contributed by atoms with E-state index in [9.17, 15) is 24.3 Å². The fraction of sp³-hybridized carbons (Fsp3) is 0.280. The minimum Gasteiger partial charge on any atom is -0.480 e. The molecule has 190 valence electrons. The van der Waals surface area contributed by atoms with Crippen LogP contribution in [0.3, 0.4) is 0 Å². The molecule has 0 saturated heterocycles. The van der Waals surface area contributed by atoms with Gasteiger partial charge < -0.3 is 36.9 Å². The number of rotatable bonds is 12. The number of hydrogen-bond donors (Lipinski definition) is 7. The lowest BCUT2D eigenvalue weighted by atomic mass is 10.0. The van der Waals surface area contributed by atoms with Crippen LogP contribution in [0.25, 0.3) is 10.9 Å². The summed E-state index contributed by atoms with van der Waals surface area (Å²) in [7, 11) is 0. The van der Waals surface area contributed by atoms with Crippen LogP contribution < -0.4 is 21.7 Å². The number of benzene rings is 2. The summed E-state index contributed by atoms with van der Waals surface area (Å²) in [5, 5.41) is 26.9. The molecule has 36 heavy (non-hydrogen) atoms. The fourth-order valence-electron chi connectivity index (χ4n) is 3.68. The van der Waals surface area contributed by atoms with E-state index in [2.05, 4.69) is 20.9 Å². The molecule has 0 radical (unpaired) electrons. The number of carboxylic acids is 1. The molecule has 8 N–H and O–H groups in total. The van der Waals surface area contributed by atoms with Crippen LogP contribution in [0, 0.1) is 0 Å². The molecule has 2 aromatic carbocycles. The summed E-state index contributed by atoms with van der Waals surface area (Å²) in [5.74, 6) is -3.29. The van der Waals surface area contributed by atoms with Crippen molar-refractivity contribution in [2.24, 2.45) is 5.73 Å². The molecule has 3 amide bonds. The number of amides is 3. The number of nitrogens with one attached hydrogen (secondary N) is 4. The average Bonchev–Trinajstić information content (AvgIpc) is 3.29. The van der Waals surface area contributed by atoms with Crippen LogP contribution in [0.1, 0.15) is 11.1 Å². The first-order valence-electron chi connectivity index (χ1n) is 11.3. The topological polar surface area (TPSA) is 187 Å². The fourth-order valence-corrected chi connectivity index (χ4v) is 3.68. The van der Waals surface area contributed by atoms with E-state index >= 15 is 0 Å². The molecule has 0 fully saturated rings. The van der Waals surface area contributed by atoms with E-state index in [1.165, 1.54) is 0 Å². The van der Waals surface area contributed by atoms with Crippen LogP contribution in [-0.2, 0) is 32.0 Å². The predicted molar refractivity (Wildman–Crippen MR) is 132 cm³/mol. The van der Waals surface area contributed by atoms with Crippen molar-refractivity contribution in [1.29, 1.82) is 0 Å². The third kappa shape index (κ3) is 7.14. The smallest absolute Gasteiger partial charge is 0.326 e. The summed E-state index contributed by atoms with van der Waals surface area (Å²) in [5.41, 5.74) is 7.87. The Hall–Kier alpha value is -4.22. The Morgan fingerprint density at radius 1 is 0.889 bits per heavy atom. The van der Waals surface area contributed by atoms with Gasteiger partial charge in [-0.1, -0.05) is 48.5 Å². The summed E-state index contributed by atoms with van der Waals surface area (Å²) >= 11 is 0. The SMILES string of the molecule is NC(CO)C(=O)NC(Cc1ccccc1)C(=O)NCC(=O)NC(Cc1c[nH]c2ccccc12)C(=O)O. The second-order valence-corrected chi connectivity index (χ2v) is 8.28. The molecule has 0 aliphatic carbocycles. The van der Waals surface area contributed by atoms with E-state index in [0.717, 1.165) is 22.0 Å². The van der Waals surface area contributed by atoms with E-state index in [1.54, 1.807) is 36.5 Å². The number of aliphatic carboxylic acids is 1. The second-order valence-electron chi connectivity index (χ2n) is 8.28. The zero-order valence-corrected chi connectivity index (χ0v) is 19.4. The number of carboxylic acid groups (broad SMARTS) is 1. The Morgan fingerprint density at radius 2 is 1.58 bits per heavy atom. The molecule has 3 unspecified atom stereocenters. The molecule has 0 aliphatic rings. The van der Waals surface area contributed by atoms with Gasteiger partial charge in [0.25, 0.3) is 0 Å². The lowest BCUT2D eigenvalue weighted by Crippen LogP contribution is -2.55. The average molecular weight is 496 g/mol. The quantitative estimate of drug-likeness (QED) is 0.175. The predicted octanol–water partition coefficient (Wildman–Crippen LogP) is -0.557. The van der Waals surface area contributed by atoms with Gasteiger partial charge in [-0.3, -0.25) is 14.4 Å². The number of carbonyl (C=O) groups is 4. The van der Waals surface area contributed by atoms with Crippen LogP contribution in [0.4, 0.5) is 0 Å². The van der Waals surface area contributed by atoms with Crippen LogP contribution in [0.5, 0.6) is 0 Å². The first-order valence-corrected chi connectivity index (χ1v) is 11.3. The van der Waals surface area contributed by atoms with Crippen molar-refractivity contribution in [3.63, 3.8) is 0 Å². The normalized spacial score (nSPS) is 13.4. The van der Waals surface area contributed by atoms with Crippen molar-refractivity contribution in [2.45, 2.75) is 31.0 Å². The molecule has 1 aromatic heterocycles. The van der Waals surface area contributed by atoms with Crippen LogP contribution in [0.15, 0.2) is 60.8 Å². The molecule has 0 spiro atoms. The monoisotopic (exact) mass is 495 g/mol. The van der Waals surface area contributed by atoms with Gasteiger partial charge in [-0.25, -0.2) is 4.79 Å². The van der Waals surface area contributed by atoms with Crippen molar-refractivity contribution in [2.75, 3.05) is 13.2 Å². The highest BCUT2D eigenvalue weighted by Gasteiger charge is 2.26. The van der Waals surface area contributed by atoms with Gasteiger partial charge in [-0.2, -0.15) is 0 Å². The lowest BCUT2D eigenvalue weighted by Gasteiger charge is -2.20. The van der Waals surface area contributed by atoms with E-state index in [0.29, 0.717) is 0 Å². The molecule has 1 heterocycles. The largest absolute Gasteiger partial charge is 0.480 e. The van der Waals surface area contributed by atoms with Crippen molar-refractivity contribution in [3.05, 3.63) is 71.9 Å². The number of aromatic amines is 1. The Kier molecular flexibility index (Phi) is 9.14. The summed E-state index contributed by atoms with van der Waals surface area (Å²) < 4.78 is 0. The van der Waals surface area contributed by atoms with E-state index in [1.807, 2.05) is 24.3 Å². The van der Waals surface area contributed by atoms with Crippen molar-refractivity contribution >= 4 is 34.6 Å². The molecule has 11 heteroatoms. The first-order chi connectivity index (χ1) is 17.3. The van der Waals surface area contributed by atoms with Gasteiger partial charge in [-0.15, -0.1) is 0 Å². The van der Waals surface area contributed by atoms with Gasteiger partial charge in [0, 0.05) is 29.9 Å². The van der Waals surface area contributed by atoms with Gasteiger partial charge in [0.15, 0.2) is 0 Å². The molecule has 0 saturated carbocycles. The second kappa shape index (κ2) is 12.5. The number of hydrogen-bond acceptors (Lipinski definition) is 6. The Morgan fingerprint density at radius 3 is 2.28 bits per heavy atom.